The largest absolute Gasteiger partial charge is 0.504 e. The molecule has 0 saturated carbocycles. The molecule has 0 unspecified atom stereocenters. The number of hydrogen-bond acceptors (Lipinski definition) is 4. The summed E-state index contributed by atoms with van der Waals surface area (Å²) in [6.45, 7) is 1.30. The number of aromatic nitrogens is 1. The Morgan fingerprint density at radius 1 is 0.905 bits per heavy atom. The zero-order valence-corrected chi connectivity index (χ0v) is 11.5. The van der Waals surface area contributed by atoms with Gasteiger partial charge < -0.3 is 15.5 Å². The Balaban J connectivity index is 1.70. The van der Waals surface area contributed by atoms with Gasteiger partial charge in [-0.3, -0.25) is 4.98 Å². The van der Waals surface area contributed by atoms with Gasteiger partial charge in [-0.15, -0.1) is 0 Å². The molecule has 0 amide bonds. The summed E-state index contributed by atoms with van der Waals surface area (Å²) in [6.07, 6.45) is 1.80. The maximum atomic E-state index is 9.47. The van der Waals surface area contributed by atoms with Gasteiger partial charge in [0.1, 0.15) is 0 Å². The number of aromatic hydroxyl groups is 2. The Bertz CT molecular complexity index is 766. The minimum absolute atomic E-state index is 0.0962. The van der Waals surface area contributed by atoms with Gasteiger partial charge in [-0.25, -0.2) is 0 Å². The average molecular weight is 280 g/mol. The van der Waals surface area contributed by atoms with E-state index < -0.39 is 0 Å². The van der Waals surface area contributed by atoms with E-state index in [1.165, 1.54) is 6.07 Å². The molecule has 3 rings (SSSR count). The quantitative estimate of drug-likeness (QED) is 0.643. The topological polar surface area (TPSA) is 65.4 Å². The minimum Gasteiger partial charge on any atom is -0.504 e. The van der Waals surface area contributed by atoms with Crippen molar-refractivity contribution in [3.05, 3.63) is 65.9 Å². The van der Waals surface area contributed by atoms with Crippen LogP contribution in [0.2, 0.25) is 0 Å². The van der Waals surface area contributed by atoms with Crippen molar-refractivity contribution in [3.8, 4) is 11.5 Å². The van der Waals surface area contributed by atoms with E-state index in [2.05, 4.69) is 16.4 Å². The number of phenolic OH excluding ortho intramolecular Hbond substituents is 2. The fourth-order valence-corrected chi connectivity index (χ4v) is 2.33. The molecule has 4 nitrogen and oxygen atoms in total. The van der Waals surface area contributed by atoms with Crippen molar-refractivity contribution in [1.29, 1.82) is 0 Å². The Labute approximate surface area is 122 Å². The highest BCUT2D eigenvalue weighted by molar-refractivity contribution is 5.81. The highest BCUT2D eigenvalue weighted by Crippen LogP contribution is 2.24. The molecule has 0 fully saturated rings. The van der Waals surface area contributed by atoms with E-state index in [-0.39, 0.29) is 11.5 Å². The number of hydrogen-bond donors (Lipinski definition) is 3. The van der Waals surface area contributed by atoms with Crippen LogP contribution in [0.25, 0.3) is 10.9 Å². The summed E-state index contributed by atoms with van der Waals surface area (Å²) in [4.78, 5) is 4.42. The number of nitrogens with zero attached hydrogens (tertiary/aromatic N) is 1. The Morgan fingerprint density at radius 2 is 1.76 bits per heavy atom. The van der Waals surface area contributed by atoms with Crippen molar-refractivity contribution in [2.24, 2.45) is 0 Å². The molecule has 0 bridgehead atoms. The summed E-state index contributed by atoms with van der Waals surface area (Å²) < 4.78 is 0. The number of benzene rings is 2. The maximum Gasteiger partial charge on any atom is 0.157 e. The van der Waals surface area contributed by atoms with E-state index in [1.807, 2.05) is 24.3 Å². The first-order chi connectivity index (χ1) is 10.2. The monoisotopic (exact) mass is 280 g/mol. The van der Waals surface area contributed by atoms with Crippen molar-refractivity contribution in [2.75, 3.05) is 0 Å². The molecule has 0 atom stereocenters. The first-order valence-corrected chi connectivity index (χ1v) is 6.78. The van der Waals surface area contributed by atoms with Crippen molar-refractivity contribution < 1.29 is 10.2 Å². The number of fused-ring (bicyclic) bond motifs is 1. The van der Waals surface area contributed by atoms with Crippen LogP contribution in [0.5, 0.6) is 11.5 Å². The van der Waals surface area contributed by atoms with Crippen LogP contribution in [0, 0.1) is 0 Å². The zero-order chi connectivity index (χ0) is 14.7. The fraction of sp³-hybridized carbons (Fsp3) is 0.118. The number of rotatable bonds is 4. The van der Waals surface area contributed by atoms with E-state index in [1.54, 1.807) is 18.3 Å². The van der Waals surface area contributed by atoms with Gasteiger partial charge in [0.25, 0.3) is 0 Å². The highest BCUT2D eigenvalue weighted by Gasteiger charge is 2.03. The normalized spacial score (nSPS) is 10.9. The standard InChI is InChI=1S/C17H16N2O2/c20-15-7-6-12(9-16(15)21)10-18-11-14-4-1-3-13-5-2-8-19-17(13)14/h1-9,18,20-21H,10-11H2. The van der Waals surface area contributed by atoms with Gasteiger partial charge >= 0.3 is 0 Å². The summed E-state index contributed by atoms with van der Waals surface area (Å²) in [5.74, 6) is -0.196. The van der Waals surface area contributed by atoms with Crippen LogP contribution >= 0.6 is 0 Å². The van der Waals surface area contributed by atoms with Crippen LogP contribution in [-0.4, -0.2) is 15.2 Å². The van der Waals surface area contributed by atoms with Crippen LogP contribution in [0.1, 0.15) is 11.1 Å². The lowest BCUT2D eigenvalue weighted by atomic mass is 10.1. The molecule has 0 aliphatic rings. The summed E-state index contributed by atoms with van der Waals surface area (Å²) >= 11 is 0. The SMILES string of the molecule is Oc1ccc(CNCc2cccc3cccnc23)cc1O. The molecule has 0 spiro atoms. The lowest BCUT2D eigenvalue weighted by Crippen LogP contribution is -2.13. The van der Waals surface area contributed by atoms with Crippen LogP contribution in [-0.2, 0) is 13.1 Å². The number of pyridine rings is 1. The van der Waals surface area contributed by atoms with Gasteiger partial charge in [-0.05, 0) is 29.3 Å². The Morgan fingerprint density at radius 3 is 2.62 bits per heavy atom. The molecule has 2 aromatic carbocycles. The van der Waals surface area contributed by atoms with E-state index in [0.717, 1.165) is 22.0 Å². The molecule has 0 saturated heterocycles. The third-order valence-corrected chi connectivity index (χ3v) is 3.40. The van der Waals surface area contributed by atoms with Crippen molar-refractivity contribution >= 4 is 10.9 Å². The first-order valence-electron chi connectivity index (χ1n) is 6.78. The molecule has 1 aromatic heterocycles. The molecule has 3 aromatic rings. The molecule has 4 heteroatoms. The molecule has 0 aliphatic carbocycles. The summed E-state index contributed by atoms with van der Waals surface area (Å²) in [6, 6.07) is 14.9. The summed E-state index contributed by atoms with van der Waals surface area (Å²) in [7, 11) is 0. The molecular formula is C17H16N2O2. The third-order valence-electron chi connectivity index (χ3n) is 3.40. The van der Waals surface area contributed by atoms with Gasteiger partial charge in [0.2, 0.25) is 0 Å². The lowest BCUT2D eigenvalue weighted by molar-refractivity contribution is 0.403. The molecule has 0 radical (unpaired) electrons. The minimum atomic E-state index is -0.1000. The van der Waals surface area contributed by atoms with Gasteiger partial charge in [-0.2, -0.15) is 0 Å². The fourth-order valence-electron chi connectivity index (χ4n) is 2.33. The third kappa shape index (κ3) is 2.95. The highest BCUT2D eigenvalue weighted by atomic mass is 16.3. The molecular weight excluding hydrogens is 264 g/mol. The van der Waals surface area contributed by atoms with Gasteiger partial charge in [0, 0.05) is 24.7 Å². The summed E-state index contributed by atoms with van der Waals surface area (Å²) in [5.41, 5.74) is 3.05. The first kappa shape index (κ1) is 13.4. The van der Waals surface area contributed by atoms with E-state index >= 15 is 0 Å². The second-order valence-corrected chi connectivity index (χ2v) is 4.92. The van der Waals surface area contributed by atoms with Gasteiger partial charge in [0.05, 0.1) is 5.52 Å². The van der Waals surface area contributed by atoms with Crippen LogP contribution < -0.4 is 5.32 Å². The smallest absolute Gasteiger partial charge is 0.157 e. The van der Waals surface area contributed by atoms with Crippen molar-refractivity contribution in [3.63, 3.8) is 0 Å². The number of phenols is 2. The van der Waals surface area contributed by atoms with Crippen LogP contribution in [0.4, 0.5) is 0 Å². The van der Waals surface area contributed by atoms with E-state index in [0.29, 0.717) is 13.1 Å². The van der Waals surface area contributed by atoms with Crippen molar-refractivity contribution in [2.45, 2.75) is 13.1 Å². The van der Waals surface area contributed by atoms with E-state index in [4.69, 9.17) is 0 Å². The summed E-state index contributed by atoms with van der Waals surface area (Å²) in [5, 5.41) is 23.2. The predicted octanol–water partition coefficient (Wildman–Crippen LogP) is 2.94. The molecule has 21 heavy (non-hydrogen) atoms. The predicted molar refractivity (Wildman–Crippen MR) is 82.1 cm³/mol. The van der Waals surface area contributed by atoms with Crippen LogP contribution in [0.3, 0.4) is 0 Å². The van der Waals surface area contributed by atoms with E-state index in [9.17, 15) is 10.2 Å². The maximum absolute atomic E-state index is 9.47. The second kappa shape index (κ2) is 5.81. The molecule has 106 valence electrons. The van der Waals surface area contributed by atoms with Crippen LogP contribution in [0.15, 0.2) is 54.7 Å². The molecule has 3 N–H and O–H groups in total. The van der Waals surface area contributed by atoms with Gasteiger partial charge in [-0.1, -0.05) is 30.3 Å². The van der Waals surface area contributed by atoms with Gasteiger partial charge in [0.15, 0.2) is 11.5 Å². The number of para-hydroxylation sites is 1. The van der Waals surface area contributed by atoms with Crippen molar-refractivity contribution in [1.82, 2.24) is 10.3 Å². The second-order valence-electron chi connectivity index (χ2n) is 4.92. The molecule has 1 heterocycles. The Kier molecular flexibility index (Phi) is 3.71. The lowest BCUT2D eigenvalue weighted by Gasteiger charge is -2.08. The zero-order valence-electron chi connectivity index (χ0n) is 11.5. The Hall–Kier alpha value is -2.59. The average Bonchev–Trinajstić information content (AvgIpc) is 2.51. The number of nitrogens with one attached hydrogen (secondary N) is 1. The molecule has 0 aliphatic heterocycles.